The first-order valence-electron chi connectivity index (χ1n) is 7.75. The van der Waals surface area contributed by atoms with Crippen molar-refractivity contribution in [2.45, 2.75) is 58.6 Å². The molecule has 0 aromatic carbocycles. The first-order chi connectivity index (χ1) is 9.63. The third kappa shape index (κ3) is 4.28. The highest BCUT2D eigenvalue weighted by Gasteiger charge is 2.36. The van der Waals surface area contributed by atoms with Gasteiger partial charge in [0, 0.05) is 19.1 Å². The van der Waals surface area contributed by atoms with Crippen LogP contribution < -0.4 is 5.32 Å². The fourth-order valence-electron chi connectivity index (χ4n) is 2.55. The van der Waals surface area contributed by atoms with Crippen LogP contribution in [0.2, 0.25) is 0 Å². The molecule has 0 saturated heterocycles. The van der Waals surface area contributed by atoms with Gasteiger partial charge in [0.05, 0.1) is 0 Å². The van der Waals surface area contributed by atoms with Gasteiger partial charge in [-0.15, -0.1) is 0 Å². The molecule has 1 aromatic heterocycles. The number of likely N-dealkylation sites (N-methyl/N-ethyl adjacent to an activating group) is 1. The summed E-state index contributed by atoms with van der Waals surface area (Å²) in [6.07, 6.45) is 4.33. The summed E-state index contributed by atoms with van der Waals surface area (Å²) in [5, 5.41) is 7.45. The highest BCUT2D eigenvalue weighted by Crippen LogP contribution is 2.42. The Bertz CT molecular complexity index is 402. The second-order valence-electron chi connectivity index (χ2n) is 6.08. The lowest BCUT2D eigenvalue weighted by atomic mass is 10.0. The average Bonchev–Trinajstić information content (AvgIpc) is 3.14. The number of nitrogens with zero attached hydrogens (tertiary/aromatic N) is 2. The van der Waals surface area contributed by atoms with Crippen molar-refractivity contribution in [1.82, 2.24) is 15.5 Å². The van der Waals surface area contributed by atoms with Crippen LogP contribution >= 0.6 is 0 Å². The highest BCUT2D eigenvalue weighted by molar-refractivity contribution is 4.99. The van der Waals surface area contributed by atoms with Crippen molar-refractivity contribution in [2.24, 2.45) is 11.8 Å². The molecule has 1 N–H and O–H groups in total. The van der Waals surface area contributed by atoms with E-state index in [2.05, 4.69) is 29.3 Å². The molecule has 114 valence electrons. The van der Waals surface area contributed by atoms with Crippen molar-refractivity contribution in [3.63, 3.8) is 0 Å². The maximum Gasteiger partial charge on any atom is 0.228 e. The Morgan fingerprint density at radius 3 is 2.70 bits per heavy atom. The van der Waals surface area contributed by atoms with Crippen molar-refractivity contribution in [3.8, 4) is 0 Å². The summed E-state index contributed by atoms with van der Waals surface area (Å²) in [7, 11) is 1.98. The van der Waals surface area contributed by atoms with Crippen LogP contribution in [0, 0.1) is 11.8 Å². The fourth-order valence-corrected chi connectivity index (χ4v) is 2.55. The predicted octanol–water partition coefficient (Wildman–Crippen LogP) is 2.73. The van der Waals surface area contributed by atoms with E-state index in [0.29, 0.717) is 30.4 Å². The molecule has 0 radical (unpaired) electrons. The molecule has 20 heavy (non-hydrogen) atoms. The Hall–Kier alpha value is -0.940. The van der Waals surface area contributed by atoms with Gasteiger partial charge < -0.3 is 14.6 Å². The lowest BCUT2D eigenvalue weighted by Gasteiger charge is -2.16. The second-order valence-corrected chi connectivity index (χ2v) is 6.08. The third-order valence-corrected chi connectivity index (χ3v) is 3.72. The number of ether oxygens (including phenoxy) is 1. The van der Waals surface area contributed by atoms with E-state index in [9.17, 15) is 0 Å². The van der Waals surface area contributed by atoms with Crippen molar-refractivity contribution >= 4 is 0 Å². The molecule has 0 bridgehead atoms. The van der Waals surface area contributed by atoms with Gasteiger partial charge in [-0.1, -0.05) is 19.0 Å². The van der Waals surface area contributed by atoms with E-state index in [-0.39, 0.29) is 6.10 Å². The van der Waals surface area contributed by atoms with E-state index in [1.54, 1.807) is 0 Å². The van der Waals surface area contributed by atoms with Gasteiger partial charge in [-0.3, -0.25) is 0 Å². The lowest BCUT2D eigenvalue weighted by Crippen LogP contribution is -2.29. The fraction of sp³-hybridized carbons (Fsp3) is 0.867. The van der Waals surface area contributed by atoms with E-state index in [1.165, 1.54) is 12.8 Å². The Kier molecular flexibility index (Phi) is 5.54. The van der Waals surface area contributed by atoms with Crippen molar-refractivity contribution in [2.75, 3.05) is 13.7 Å². The number of nitrogens with one attached hydrogen (secondary N) is 1. The zero-order valence-corrected chi connectivity index (χ0v) is 13.1. The summed E-state index contributed by atoms with van der Waals surface area (Å²) in [4.78, 5) is 4.54. The maximum absolute atomic E-state index is 5.76. The smallest absolute Gasteiger partial charge is 0.228 e. The number of aromatic nitrogens is 2. The summed E-state index contributed by atoms with van der Waals surface area (Å²) < 4.78 is 11.2. The molecular weight excluding hydrogens is 254 g/mol. The molecule has 0 amide bonds. The highest BCUT2D eigenvalue weighted by atomic mass is 16.5. The molecule has 2 rings (SSSR count). The molecule has 1 heterocycles. The number of hydrogen-bond donors (Lipinski definition) is 1. The molecule has 0 aliphatic heterocycles. The van der Waals surface area contributed by atoms with Gasteiger partial charge in [0.25, 0.3) is 0 Å². The van der Waals surface area contributed by atoms with Crippen LogP contribution in [0.5, 0.6) is 0 Å². The summed E-state index contributed by atoms with van der Waals surface area (Å²) in [5.41, 5.74) is 0. The van der Waals surface area contributed by atoms with E-state index >= 15 is 0 Å². The predicted molar refractivity (Wildman–Crippen MR) is 77.4 cm³/mol. The van der Waals surface area contributed by atoms with Gasteiger partial charge in [-0.25, -0.2) is 0 Å². The number of rotatable bonds is 9. The molecule has 1 aromatic rings. The maximum atomic E-state index is 5.76. The van der Waals surface area contributed by atoms with Gasteiger partial charge in [-0.2, -0.15) is 4.98 Å². The van der Waals surface area contributed by atoms with E-state index in [4.69, 9.17) is 9.26 Å². The Morgan fingerprint density at radius 1 is 1.40 bits per heavy atom. The summed E-state index contributed by atoms with van der Waals surface area (Å²) in [5.74, 6) is 2.67. The third-order valence-electron chi connectivity index (χ3n) is 3.72. The molecule has 5 nitrogen and oxygen atoms in total. The average molecular weight is 281 g/mol. The molecule has 1 aliphatic carbocycles. The summed E-state index contributed by atoms with van der Waals surface area (Å²) >= 11 is 0. The molecule has 0 spiro atoms. The molecule has 1 aliphatic rings. The van der Waals surface area contributed by atoms with Gasteiger partial charge in [-0.05, 0) is 45.1 Å². The second kappa shape index (κ2) is 7.18. The molecule has 5 heteroatoms. The largest absolute Gasteiger partial charge is 0.370 e. The quantitative estimate of drug-likeness (QED) is 0.754. The minimum Gasteiger partial charge on any atom is -0.370 e. The van der Waals surface area contributed by atoms with Crippen LogP contribution in [0.4, 0.5) is 0 Å². The van der Waals surface area contributed by atoms with Gasteiger partial charge in [0.2, 0.25) is 11.7 Å². The van der Waals surface area contributed by atoms with E-state index in [1.807, 2.05) is 14.0 Å². The normalized spacial score (nSPS) is 18.4. The van der Waals surface area contributed by atoms with Crippen molar-refractivity contribution in [1.29, 1.82) is 0 Å². The van der Waals surface area contributed by atoms with Gasteiger partial charge >= 0.3 is 0 Å². The van der Waals surface area contributed by atoms with Crippen molar-refractivity contribution < 1.29 is 9.26 Å². The SMILES string of the molecule is CCOC(c1noc(CC(CC(C)C)NC)n1)C1CC1. The van der Waals surface area contributed by atoms with Crippen LogP contribution in [0.25, 0.3) is 0 Å². The van der Waals surface area contributed by atoms with Crippen LogP contribution in [0.15, 0.2) is 4.52 Å². The lowest BCUT2D eigenvalue weighted by molar-refractivity contribution is 0.0384. The Balaban J connectivity index is 1.96. The monoisotopic (exact) mass is 281 g/mol. The zero-order chi connectivity index (χ0) is 14.5. The van der Waals surface area contributed by atoms with Crippen LogP contribution in [0.1, 0.15) is 57.9 Å². The van der Waals surface area contributed by atoms with Crippen LogP contribution in [-0.2, 0) is 11.2 Å². The van der Waals surface area contributed by atoms with Gasteiger partial charge in [0.1, 0.15) is 6.10 Å². The Morgan fingerprint density at radius 2 is 2.15 bits per heavy atom. The molecule has 2 unspecified atom stereocenters. The number of hydrogen-bond acceptors (Lipinski definition) is 5. The Labute approximate surface area is 121 Å². The minimum absolute atomic E-state index is 0.0237. The standard InChI is InChI=1S/C15H27N3O2/c1-5-19-14(11-6-7-11)15-17-13(20-18-15)9-12(16-4)8-10(2)3/h10-12,14,16H,5-9H2,1-4H3. The zero-order valence-electron chi connectivity index (χ0n) is 13.1. The molecular formula is C15H27N3O2. The minimum atomic E-state index is 0.0237. The molecule has 2 atom stereocenters. The summed E-state index contributed by atoms with van der Waals surface area (Å²) in [6.45, 7) is 7.15. The molecule has 1 fully saturated rings. The van der Waals surface area contributed by atoms with Gasteiger partial charge in [0.15, 0.2) is 0 Å². The van der Waals surface area contributed by atoms with Crippen LogP contribution in [0.3, 0.4) is 0 Å². The summed E-state index contributed by atoms with van der Waals surface area (Å²) in [6, 6.07) is 0.384. The first-order valence-corrected chi connectivity index (χ1v) is 7.75. The van der Waals surface area contributed by atoms with E-state index < -0.39 is 0 Å². The molecule has 1 saturated carbocycles. The van der Waals surface area contributed by atoms with Crippen LogP contribution in [-0.4, -0.2) is 29.8 Å². The van der Waals surface area contributed by atoms with E-state index in [0.717, 1.165) is 18.7 Å². The van der Waals surface area contributed by atoms with Crippen molar-refractivity contribution in [3.05, 3.63) is 11.7 Å². The first kappa shape index (κ1) is 15.4. The topological polar surface area (TPSA) is 60.2 Å².